The Kier molecular flexibility index (Phi) is 7.22. The first-order chi connectivity index (χ1) is 15.9. The molecule has 0 bridgehead atoms. The number of nitrogens with zero attached hydrogens (tertiary/aromatic N) is 5. The van der Waals surface area contributed by atoms with Crippen molar-refractivity contribution in [1.82, 2.24) is 9.88 Å². The first-order valence-electron chi connectivity index (χ1n) is 9.55. The Morgan fingerprint density at radius 3 is 2.53 bits per heavy atom. The maximum Gasteiger partial charge on any atom is 0.416 e. The summed E-state index contributed by atoms with van der Waals surface area (Å²) in [5, 5.41) is 12.4. The Morgan fingerprint density at radius 1 is 1.29 bits per heavy atom. The Hall–Kier alpha value is -3.12. The van der Waals surface area contributed by atoms with E-state index in [2.05, 4.69) is 10.1 Å². The minimum absolute atomic E-state index is 0.0332. The number of aromatic nitrogens is 1. The molecule has 182 valence electrons. The summed E-state index contributed by atoms with van der Waals surface area (Å²) in [7, 11) is 1.33. The van der Waals surface area contributed by atoms with E-state index >= 15 is 0 Å². The summed E-state index contributed by atoms with van der Waals surface area (Å²) in [6.07, 6.45) is -4.73. The minimum Gasteiger partial charge on any atom is -0.408 e. The lowest BCUT2D eigenvalue weighted by molar-refractivity contribution is -0.137. The molecule has 2 amide bonds. The Balaban J connectivity index is 2.12. The largest absolute Gasteiger partial charge is 0.416 e. The van der Waals surface area contributed by atoms with Gasteiger partial charge in [0.05, 0.1) is 17.1 Å². The molecule has 2 heterocycles. The predicted molar refractivity (Wildman–Crippen MR) is 117 cm³/mol. The summed E-state index contributed by atoms with van der Waals surface area (Å²) in [5.74, 6) is -3.66. The molecular weight excluding hydrogens is 505 g/mol. The lowest BCUT2D eigenvalue weighted by atomic mass is 10.1. The quantitative estimate of drug-likeness (QED) is 0.285. The van der Waals surface area contributed by atoms with Gasteiger partial charge in [0.1, 0.15) is 23.6 Å². The molecule has 1 atom stereocenters. The van der Waals surface area contributed by atoms with E-state index in [1.807, 2.05) is 0 Å². The van der Waals surface area contributed by atoms with Crippen molar-refractivity contribution in [3.05, 3.63) is 52.4 Å². The number of aryl methyl sites for hydroxylation is 1. The van der Waals surface area contributed by atoms with Gasteiger partial charge in [-0.1, -0.05) is 16.8 Å². The third-order valence-corrected chi connectivity index (χ3v) is 5.57. The molecule has 1 unspecified atom stereocenters. The number of hydrogen-bond donors (Lipinski definition) is 1. The highest BCUT2D eigenvalue weighted by atomic mass is 35.5. The van der Waals surface area contributed by atoms with Gasteiger partial charge in [-0.05, 0) is 37.3 Å². The van der Waals surface area contributed by atoms with Crippen LogP contribution in [0.2, 0.25) is 5.02 Å². The number of guanidine groups is 1. The van der Waals surface area contributed by atoms with Crippen molar-refractivity contribution in [2.45, 2.75) is 19.1 Å². The first kappa shape index (κ1) is 25.5. The van der Waals surface area contributed by atoms with E-state index in [9.17, 15) is 32.4 Å². The van der Waals surface area contributed by atoms with Crippen LogP contribution in [0.4, 0.5) is 29.1 Å². The highest BCUT2D eigenvalue weighted by molar-refractivity contribution is 6.31. The Bertz CT molecular complexity index is 1160. The second-order valence-corrected chi connectivity index (χ2v) is 7.95. The number of likely N-dealkylation sites (N-methyl/N-ethyl adjacent to an activating group) is 1. The van der Waals surface area contributed by atoms with Crippen LogP contribution in [-0.4, -0.2) is 58.4 Å². The zero-order chi connectivity index (χ0) is 25.4. The van der Waals surface area contributed by atoms with E-state index in [0.717, 1.165) is 26.8 Å². The molecule has 8 nitrogen and oxygen atoms in total. The molecule has 1 aromatic carbocycles. The molecule has 0 radical (unpaired) electrons. The SMILES string of the molecule is Cc1cc(C(F)(F)F)cc(N2/C(=N/O)N(C(=O)CCl)CC2C(=O)N(C)c2ccc(F)c(Cl)c2)n1. The number of pyridine rings is 1. The number of benzene rings is 1. The van der Waals surface area contributed by atoms with Crippen molar-refractivity contribution in [2.24, 2.45) is 5.16 Å². The molecule has 0 saturated carbocycles. The van der Waals surface area contributed by atoms with E-state index in [4.69, 9.17) is 23.2 Å². The number of oxime groups is 1. The van der Waals surface area contributed by atoms with Crippen LogP contribution in [0.5, 0.6) is 0 Å². The molecule has 1 aliphatic rings. The number of amides is 2. The van der Waals surface area contributed by atoms with E-state index in [1.54, 1.807) is 0 Å². The third-order valence-electron chi connectivity index (χ3n) is 5.05. The van der Waals surface area contributed by atoms with Gasteiger partial charge in [-0.25, -0.2) is 9.37 Å². The summed E-state index contributed by atoms with van der Waals surface area (Å²) in [5.41, 5.74) is -0.914. The van der Waals surface area contributed by atoms with Gasteiger partial charge in [-0.2, -0.15) is 13.2 Å². The molecule has 14 heteroatoms. The number of anilines is 2. The molecular formula is C20H17Cl2F4N5O3. The maximum absolute atomic E-state index is 13.6. The van der Waals surface area contributed by atoms with Crippen LogP contribution >= 0.6 is 23.2 Å². The van der Waals surface area contributed by atoms with E-state index < -0.39 is 53.8 Å². The normalized spacial score (nSPS) is 17.4. The second kappa shape index (κ2) is 9.63. The van der Waals surface area contributed by atoms with Crippen LogP contribution < -0.4 is 9.80 Å². The van der Waals surface area contributed by atoms with Gasteiger partial charge in [0.2, 0.25) is 5.91 Å². The number of carbonyl (C=O) groups excluding carboxylic acids is 2. The molecule has 1 aliphatic heterocycles. The van der Waals surface area contributed by atoms with E-state index in [0.29, 0.717) is 6.07 Å². The summed E-state index contributed by atoms with van der Waals surface area (Å²) >= 11 is 11.4. The van der Waals surface area contributed by atoms with Crippen LogP contribution in [0, 0.1) is 12.7 Å². The van der Waals surface area contributed by atoms with Crippen molar-refractivity contribution in [1.29, 1.82) is 0 Å². The highest BCUT2D eigenvalue weighted by Gasteiger charge is 2.46. The Morgan fingerprint density at radius 2 is 1.97 bits per heavy atom. The molecule has 0 aliphatic carbocycles. The number of halogens is 6. The first-order valence-corrected chi connectivity index (χ1v) is 10.5. The van der Waals surface area contributed by atoms with Gasteiger partial charge in [-0.15, -0.1) is 11.6 Å². The molecule has 0 spiro atoms. The summed E-state index contributed by atoms with van der Waals surface area (Å²) in [4.78, 5) is 32.6. The molecule has 1 fully saturated rings. The van der Waals surface area contributed by atoms with Crippen molar-refractivity contribution in [3.63, 3.8) is 0 Å². The highest BCUT2D eigenvalue weighted by Crippen LogP contribution is 2.34. The number of rotatable bonds is 4. The summed E-state index contributed by atoms with van der Waals surface area (Å²) in [6, 6.07) is 3.61. The third kappa shape index (κ3) is 4.87. The fourth-order valence-electron chi connectivity index (χ4n) is 3.43. The summed E-state index contributed by atoms with van der Waals surface area (Å²) < 4.78 is 53.8. The van der Waals surface area contributed by atoms with Gasteiger partial charge >= 0.3 is 6.18 Å². The van der Waals surface area contributed by atoms with Gasteiger partial charge in [0, 0.05) is 18.4 Å². The average Bonchev–Trinajstić information content (AvgIpc) is 3.18. The molecule has 3 rings (SSSR count). The topological polar surface area (TPSA) is 89.3 Å². The van der Waals surface area contributed by atoms with Crippen molar-refractivity contribution in [3.8, 4) is 0 Å². The fourth-order valence-corrected chi connectivity index (χ4v) is 3.75. The standard InChI is InChI=1S/C20H17Cl2F4N5O3/c1-10-5-11(20(24,25)26)6-16(27-10)31-15(9-30(17(32)8-21)19(31)28-34)18(33)29(2)12-3-4-14(23)13(22)7-12/h3-7,15,34H,8-9H2,1-2H3/b28-19+. The van der Waals surface area contributed by atoms with Crippen molar-refractivity contribution < 1.29 is 32.4 Å². The lowest BCUT2D eigenvalue weighted by Crippen LogP contribution is -2.47. The van der Waals surface area contributed by atoms with Gasteiger partial charge in [0.15, 0.2) is 0 Å². The number of alkyl halides is 4. The van der Waals surface area contributed by atoms with Gasteiger partial charge < -0.3 is 10.1 Å². The molecule has 1 aromatic heterocycles. The van der Waals surface area contributed by atoms with Crippen LogP contribution in [0.15, 0.2) is 35.5 Å². The monoisotopic (exact) mass is 521 g/mol. The average molecular weight is 522 g/mol. The maximum atomic E-state index is 13.6. The number of carbonyl (C=O) groups is 2. The van der Waals surface area contributed by atoms with Gasteiger partial charge in [0.25, 0.3) is 11.9 Å². The van der Waals surface area contributed by atoms with Crippen LogP contribution in [0.25, 0.3) is 0 Å². The molecule has 1 saturated heterocycles. The predicted octanol–water partition coefficient (Wildman–Crippen LogP) is 3.87. The fraction of sp³-hybridized carbons (Fsp3) is 0.300. The molecule has 34 heavy (non-hydrogen) atoms. The summed E-state index contributed by atoms with van der Waals surface area (Å²) in [6.45, 7) is 0.912. The van der Waals surface area contributed by atoms with Crippen molar-refractivity contribution in [2.75, 3.05) is 29.3 Å². The minimum atomic E-state index is -4.73. The van der Waals surface area contributed by atoms with Crippen LogP contribution in [-0.2, 0) is 15.8 Å². The lowest BCUT2D eigenvalue weighted by Gasteiger charge is -2.28. The number of hydrogen-bond acceptors (Lipinski definition) is 5. The second-order valence-electron chi connectivity index (χ2n) is 7.27. The van der Waals surface area contributed by atoms with Crippen LogP contribution in [0.3, 0.4) is 0 Å². The molecule has 1 N–H and O–H groups in total. The van der Waals surface area contributed by atoms with Crippen molar-refractivity contribution >= 4 is 52.5 Å². The zero-order valence-corrected chi connectivity index (χ0v) is 19.2. The van der Waals surface area contributed by atoms with Gasteiger partial charge in [-0.3, -0.25) is 19.4 Å². The van der Waals surface area contributed by atoms with E-state index in [1.165, 1.54) is 26.1 Å². The molecule has 2 aromatic rings. The smallest absolute Gasteiger partial charge is 0.408 e. The van der Waals surface area contributed by atoms with Crippen LogP contribution in [0.1, 0.15) is 11.3 Å². The Labute approximate surface area is 201 Å². The van der Waals surface area contributed by atoms with E-state index in [-0.39, 0.29) is 22.2 Å². The zero-order valence-electron chi connectivity index (χ0n) is 17.6.